The molecule has 3 rings (SSSR count). The Morgan fingerprint density at radius 3 is 2.60 bits per heavy atom. The van der Waals surface area contributed by atoms with Crippen molar-refractivity contribution in [1.29, 1.82) is 0 Å². The highest BCUT2D eigenvalue weighted by molar-refractivity contribution is 6.03. The summed E-state index contributed by atoms with van der Waals surface area (Å²) in [5.74, 6) is 0.105. The fourth-order valence-corrected chi connectivity index (χ4v) is 2.64. The summed E-state index contributed by atoms with van der Waals surface area (Å²) in [5.41, 5.74) is 0.436. The highest BCUT2D eigenvalue weighted by atomic mass is 19.1. The van der Waals surface area contributed by atoms with Gasteiger partial charge in [0.15, 0.2) is 0 Å². The number of benzene rings is 1. The summed E-state index contributed by atoms with van der Waals surface area (Å²) in [7, 11) is 0. The highest BCUT2D eigenvalue weighted by Gasteiger charge is 2.20. The second kappa shape index (κ2) is 5.45. The topological polar surface area (TPSA) is 46.9 Å². The number of halogens is 1. The van der Waals surface area contributed by atoms with Crippen LogP contribution in [0, 0.1) is 5.82 Å². The molecular weight excluding hydrogens is 257 g/mol. The van der Waals surface area contributed by atoms with E-state index in [1.807, 2.05) is 4.68 Å². The summed E-state index contributed by atoms with van der Waals surface area (Å²) < 4.78 is 14.7. The number of hydrogen-bond donors (Lipinski definition) is 1. The van der Waals surface area contributed by atoms with E-state index >= 15 is 0 Å². The predicted molar refractivity (Wildman–Crippen MR) is 74.1 cm³/mol. The van der Waals surface area contributed by atoms with Gasteiger partial charge in [0, 0.05) is 11.6 Å². The van der Waals surface area contributed by atoms with E-state index in [0.717, 1.165) is 12.8 Å². The Hall–Kier alpha value is -2.17. The van der Waals surface area contributed by atoms with Gasteiger partial charge in [-0.25, -0.2) is 9.07 Å². The maximum atomic E-state index is 12.9. The van der Waals surface area contributed by atoms with Crippen molar-refractivity contribution >= 4 is 11.7 Å². The average molecular weight is 273 g/mol. The van der Waals surface area contributed by atoms with Crippen molar-refractivity contribution in [2.45, 2.75) is 31.7 Å². The first-order valence-corrected chi connectivity index (χ1v) is 6.84. The fourth-order valence-electron chi connectivity index (χ4n) is 2.64. The highest BCUT2D eigenvalue weighted by Crippen LogP contribution is 2.31. The van der Waals surface area contributed by atoms with E-state index in [0.29, 0.717) is 17.4 Å². The van der Waals surface area contributed by atoms with Crippen LogP contribution in [0.5, 0.6) is 0 Å². The van der Waals surface area contributed by atoms with E-state index in [9.17, 15) is 9.18 Å². The van der Waals surface area contributed by atoms with Crippen LogP contribution in [-0.2, 0) is 0 Å². The molecular formula is C15H16FN3O. The SMILES string of the molecule is O=C(Nc1ccnn1C1CCCC1)c1ccc(F)cc1. The Morgan fingerprint density at radius 2 is 1.90 bits per heavy atom. The molecule has 0 atom stereocenters. The van der Waals surface area contributed by atoms with Crippen molar-refractivity contribution in [1.82, 2.24) is 9.78 Å². The number of hydrogen-bond acceptors (Lipinski definition) is 2. The molecule has 0 saturated heterocycles. The maximum Gasteiger partial charge on any atom is 0.256 e. The number of amides is 1. The van der Waals surface area contributed by atoms with E-state index < -0.39 is 0 Å². The Kier molecular flexibility index (Phi) is 3.50. The number of aromatic nitrogens is 2. The van der Waals surface area contributed by atoms with Crippen LogP contribution in [0.1, 0.15) is 42.1 Å². The van der Waals surface area contributed by atoms with Crippen molar-refractivity contribution in [3.63, 3.8) is 0 Å². The Balaban J connectivity index is 1.76. The molecule has 1 aromatic heterocycles. The lowest BCUT2D eigenvalue weighted by molar-refractivity contribution is 0.102. The molecule has 0 unspecified atom stereocenters. The third-order valence-corrected chi connectivity index (χ3v) is 3.69. The van der Waals surface area contributed by atoms with Crippen molar-refractivity contribution in [2.75, 3.05) is 5.32 Å². The van der Waals surface area contributed by atoms with E-state index in [-0.39, 0.29) is 11.7 Å². The molecule has 20 heavy (non-hydrogen) atoms. The number of anilines is 1. The quantitative estimate of drug-likeness (QED) is 0.931. The lowest BCUT2D eigenvalue weighted by Gasteiger charge is -2.14. The van der Waals surface area contributed by atoms with Crippen LogP contribution in [0.4, 0.5) is 10.2 Å². The largest absolute Gasteiger partial charge is 0.307 e. The summed E-state index contributed by atoms with van der Waals surface area (Å²) >= 11 is 0. The lowest BCUT2D eigenvalue weighted by Crippen LogP contribution is -2.17. The van der Waals surface area contributed by atoms with Gasteiger partial charge in [0.2, 0.25) is 0 Å². The molecule has 1 heterocycles. The maximum absolute atomic E-state index is 12.9. The van der Waals surface area contributed by atoms with Crippen LogP contribution >= 0.6 is 0 Å². The molecule has 0 spiro atoms. The van der Waals surface area contributed by atoms with Crippen molar-refractivity contribution < 1.29 is 9.18 Å². The van der Waals surface area contributed by atoms with Gasteiger partial charge >= 0.3 is 0 Å². The second-order valence-electron chi connectivity index (χ2n) is 5.06. The summed E-state index contributed by atoms with van der Waals surface area (Å²) in [6.45, 7) is 0. The Bertz CT molecular complexity index is 600. The Labute approximate surface area is 116 Å². The molecule has 1 aliphatic rings. The summed E-state index contributed by atoms with van der Waals surface area (Å²) in [6.07, 6.45) is 6.30. The number of rotatable bonds is 3. The van der Waals surface area contributed by atoms with Crippen molar-refractivity contribution in [3.05, 3.63) is 47.9 Å². The molecule has 1 N–H and O–H groups in total. The zero-order valence-corrected chi connectivity index (χ0v) is 11.1. The first kappa shape index (κ1) is 12.8. The first-order valence-electron chi connectivity index (χ1n) is 6.84. The van der Waals surface area contributed by atoms with E-state index in [2.05, 4.69) is 10.4 Å². The number of carbonyl (C=O) groups excluding carboxylic acids is 1. The van der Waals surface area contributed by atoms with E-state index in [1.165, 1.54) is 37.1 Å². The zero-order chi connectivity index (χ0) is 13.9. The van der Waals surface area contributed by atoms with E-state index in [1.54, 1.807) is 12.3 Å². The molecule has 4 nitrogen and oxygen atoms in total. The third kappa shape index (κ3) is 2.57. The molecule has 1 aliphatic carbocycles. The van der Waals surface area contributed by atoms with Crippen LogP contribution < -0.4 is 5.32 Å². The molecule has 104 valence electrons. The number of nitrogens with zero attached hydrogens (tertiary/aromatic N) is 2. The van der Waals surface area contributed by atoms with Crippen molar-refractivity contribution in [2.24, 2.45) is 0 Å². The average Bonchev–Trinajstić information content (AvgIpc) is 3.09. The zero-order valence-electron chi connectivity index (χ0n) is 11.1. The molecule has 1 fully saturated rings. The van der Waals surface area contributed by atoms with E-state index in [4.69, 9.17) is 0 Å². The minimum absolute atomic E-state index is 0.246. The minimum atomic E-state index is -0.349. The van der Waals surface area contributed by atoms with Crippen LogP contribution in [-0.4, -0.2) is 15.7 Å². The second-order valence-corrected chi connectivity index (χ2v) is 5.06. The summed E-state index contributed by atoms with van der Waals surface area (Å²) in [6, 6.07) is 7.67. The van der Waals surface area contributed by atoms with Gasteiger partial charge in [-0.2, -0.15) is 5.10 Å². The van der Waals surface area contributed by atoms with Gasteiger partial charge in [-0.05, 0) is 37.1 Å². The van der Waals surface area contributed by atoms with Crippen LogP contribution in [0.15, 0.2) is 36.5 Å². The molecule has 0 bridgehead atoms. The van der Waals surface area contributed by atoms with Gasteiger partial charge in [0.25, 0.3) is 5.91 Å². The van der Waals surface area contributed by atoms with Gasteiger partial charge < -0.3 is 5.32 Å². The Morgan fingerprint density at radius 1 is 1.20 bits per heavy atom. The molecule has 5 heteroatoms. The van der Waals surface area contributed by atoms with Gasteiger partial charge in [0.1, 0.15) is 11.6 Å². The van der Waals surface area contributed by atoms with Gasteiger partial charge in [-0.1, -0.05) is 12.8 Å². The molecule has 0 aliphatic heterocycles. The lowest BCUT2D eigenvalue weighted by atomic mass is 10.2. The summed E-state index contributed by atoms with van der Waals surface area (Å²) in [5, 5.41) is 7.14. The van der Waals surface area contributed by atoms with Gasteiger partial charge in [-0.15, -0.1) is 0 Å². The van der Waals surface area contributed by atoms with Gasteiger partial charge in [-0.3, -0.25) is 4.79 Å². The standard InChI is InChI=1S/C15H16FN3O/c16-12-7-5-11(6-8-12)15(20)18-14-9-10-17-19(14)13-3-1-2-4-13/h5-10,13H,1-4H2,(H,18,20). The molecule has 1 aromatic carbocycles. The van der Waals surface area contributed by atoms with Gasteiger partial charge in [0.05, 0.1) is 12.2 Å². The third-order valence-electron chi connectivity index (χ3n) is 3.69. The van der Waals surface area contributed by atoms with Crippen LogP contribution in [0.25, 0.3) is 0 Å². The van der Waals surface area contributed by atoms with Crippen LogP contribution in [0.3, 0.4) is 0 Å². The first-order chi connectivity index (χ1) is 9.74. The summed E-state index contributed by atoms with van der Waals surface area (Å²) in [4.78, 5) is 12.1. The van der Waals surface area contributed by atoms with Crippen LogP contribution in [0.2, 0.25) is 0 Å². The molecule has 0 radical (unpaired) electrons. The minimum Gasteiger partial charge on any atom is -0.307 e. The smallest absolute Gasteiger partial charge is 0.256 e. The number of nitrogens with one attached hydrogen (secondary N) is 1. The molecule has 1 amide bonds. The normalized spacial score (nSPS) is 15.4. The number of carbonyl (C=O) groups is 1. The fraction of sp³-hybridized carbons (Fsp3) is 0.333. The predicted octanol–water partition coefficient (Wildman–Crippen LogP) is 3.39. The molecule has 2 aromatic rings. The molecule has 1 saturated carbocycles. The monoisotopic (exact) mass is 273 g/mol. The van der Waals surface area contributed by atoms with Crippen molar-refractivity contribution in [3.8, 4) is 0 Å².